The fourth-order valence-corrected chi connectivity index (χ4v) is 4.32. The van der Waals surface area contributed by atoms with E-state index in [-0.39, 0.29) is 42.6 Å². The lowest BCUT2D eigenvalue weighted by Gasteiger charge is -2.24. The zero-order chi connectivity index (χ0) is 18.1. The maximum Gasteiger partial charge on any atom is 0.237 e. The Labute approximate surface area is 177 Å². The normalized spacial score (nSPS) is 23.3. The van der Waals surface area contributed by atoms with E-state index in [0.717, 1.165) is 17.8 Å². The zero-order valence-corrected chi connectivity index (χ0v) is 17.5. The molecule has 2 fully saturated rings. The maximum absolute atomic E-state index is 14.4. The van der Waals surface area contributed by atoms with Crippen molar-refractivity contribution in [2.75, 3.05) is 0 Å². The predicted octanol–water partition coefficient (Wildman–Crippen LogP) is 3.70. The summed E-state index contributed by atoms with van der Waals surface area (Å²) in [7, 11) is 0. The molecule has 1 aliphatic carbocycles. The molecule has 1 saturated heterocycles. The van der Waals surface area contributed by atoms with Gasteiger partial charge >= 0.3 is 0 Å². The summed E-state index contributed by atoms with van der Waals surface area (Å²) in [6, 6.07) is 5.44. The van der Waals surface area contributed by atoms with Crippen molar-refractivity contribution < 1.29 is 9.18 Å². The van der Waals surface area contributed by atoms with Crippen molar-refractivity contribution in [1.82, 2.24) is 20.2 Å². The van der Waals surface area contributed by atoms with Crippen LogP contribution in [0.2, 0.25) is 0 Å². The molecule has 2 aliphatic rings. The lowest BCUT2D eigenvalue weighted by Crippen LogP contribution is -2.42. The molecule has 1 aromatic carbocycles. The van der Waals surface area contributed by atoms with Gasteiger partial charge in [0, 0.05) is 25.0 Å². The van der Waals surface area contributed by atoms with Crippen molar-refractivity contribution in [2.45, 2.75) is 57.7 Å². The summed E-state index contributed by atoms with van der Waals surface area (Å²) in [6.07, 6.45) is 9.24. The molecule has 8 heteroatoms. The van der Waals surface area contributed by atoms with Crippen LogP contribution in [-0.2, 0) is 11.3 Å². The molecule has 5 nitrogen and oxygen atoms in total. The number of nitrogens with one attached hydrogen (secondary N) is 2. The number of hydrogen-bond acceptors (Lipinski definition) is 3. The Morgan fingerprint density at radius 1 is 1.32 bits per heavy atom. The van der Waals surface area contributed by atoms with E-state index >= 15 is 0 Å². The lowest BCUT2D eigenvalue weighted by atomic mass is 9.85. The van der Waals surface area contributed by atoms with Crippen LogP contribution in [0.4, 0.5) is 4.39 Å². The van der Waals surface area contributed by atoms with Gasteiger partial charge in [-0.2, -0.15) is 0 Å². The largest absolute Gasteiger partial charge is 0.351 e. The van der Waals surface area contributed by atoms with Gasteiger partial charge in [0.15, 0.2) is 0 Å². The Balaban J connectivity index is 0.00000140. The first kappa shape index (κ1) is 22.7. The molecule has 0 spiro atoms. The molecule has 28 heavy (non-hydrogen) atoms. The van der Waals surface area contributed by atoms with E-state index in [9.17, 15) is 9.18 Å². The zero-order valence-electron chi connectivity index (χ0n) is 15.9. The lowest BCUT2D eigenvalue weighted by molar-refractivity contribution is -0.123. The molecular weight excluding hydrogens is 402 g/mol. The molecule has 1 aromatic heterocycles. The number of amides is 1. The van der Waals surface area contributed by atoms with Gasteiger partial charge in [-0.25, -0.2) is 9.37 Å². The van der Waals surface area contributed by atoms with Crippen molar-refractivity contribution in [3.8, 4) is 5.69 Å². The number of carbonyl (C=O) groups is 1. The number of benzene rings is 1. The van der Waals surface area contributed by atoms with E-state index in [1.165, 1.54) is 31.7 Å². The topological polar surface area (TPSA) is 59.0 Å². The van der Waals surface area contributed by atoms with Gasteiger partial charge in [0.05, 0.1) is 11.7 Å². The highest BCUT2D eigenvalue weighted by Gasteiger charge is 2.37. The monoisotopic (exact) mass is 428 g/mol. The van der Waals surface area contributed by atoms with Crippen LogP contribution in [0.5, 0.6) is 0 Å². The molecule has 3 atom stereocenters. The summed E-state index contributed by atoms with van der Waals surface area (Å²) >= 11 is 0. The molecule has 4 rings (SSSR count). The van der Waals surface area contributed by atoms with Gasteiger partial charge in [0.25, 0.3) is 0 Å². The number of hydrogen-bond donors (Lipinski definition) is 2. The van der Waals surface area contributed by atoms with Crippen molar-refractivity contribution in [3.63, 3.8) is 0 Å². The Morgan fingerprint density at radius 2 is 2.11 bits per heavy atom. The average molecular weight is 429 g/mol. The van der Waals surface area contributed by atoms with Crippen LogP contribution in [0.25, 0.3) is 5.69 Å². The molecule has 2 heterocycles. The second-order valence-electron chi connectivity index (χ2n) is 7.45. The number of halogens is 3. The summed E-state index contributed by atoms with van der Waals surface area (Å²) < 4.78 is 16.2. The highest BCUT2D eigenvalue weighted by molar-refractivity contribution is 5.85. The number of carbonyl (C=O) groups excluding carboxylic acids is 1. The van der Waals surface area contributed by atoms with Crippen LogP contribution in [0.3, 0.4) is 0 Å². The first-order valence-corrected chi connectivity index (χ1v) is 9.44. The van der Waals surface area contributed by atoms with Crippen molar-refractivity contribution in [2.24, 2.45) is 5.92 Å². The van der Waals surface area contributed by atoms with Crippen molar-refractivity contribution in [3.05, 3.63) is 47.8 Å². The fraction of sp³-hybridized carbons (Fsp3) is 0.500. The number of rotatable bonds is 4. The molecule has 0 bridgehead atoms. The van der Waals surface area contributed by atoms with E-state index in [2.05, 4.69) is 15.6 Å². The predicted molar refractivity (Wildman–Crippen MR) is 112 cm³/mol. The minimum atomic E-state index is -0.317. The molecule has 2 aromatic rings. The van der Waals surface area contributed by atoms with Gasteiger partial charge in [0.1, 0.15) is 11.6 Å². The molecule has 1 aliphatic heterocycles. The minimum absolute atomic E-state index is 0. The third-order valence-electron chi connectivity index (χ3n) is 5.74. The highest BCUT2D eigenvalue weighted by atomic mass is 35.5. The highest BCUT2D eigenvalue weighted by Crippen LogP contribution is 2.33. The van der Waals surface area contributed by atoms with E-state index in [0.29, 0.717) is 24.2 Å². The maximum atomic E-state index is 14.4. The standard InChI is InChI=1S/C20H25FN4O.2ClH/c1-13-22-8-9-25(13)19-7-6-14(10-16(19)21)12-23-20(26)18-11-15-4-2-3-5-17(15)24-18;;/h6-10,15,17-18,24H,2-5,11-12H2,1H3,(H,23,26);2*1H. The second-order valence-corrected chi connectivity index (χ2v) is 7.45. The van der Waals surface area contributed by atoms with Crippen LogP contribution in [0, 0.1) is 18.7 Å². The average Bonchev–Trinajstić information content (AvgIpc) is 3.26. The summed E-state index contributed by atoms with van der Waals surface area (Å²) in [6.45, 7) is 2.17. The second kappa shape index (κ2) is 9.72. The summed E-state index contributed by atoms with van der Waals surface area (Å²) in [5.74, 6) is 1.07. The van der Waals surface area contributed by atoms with Crippen LogP contribution in [0.15, 0.2) is 30.6 Å². The Hall–Kier alpha value is -1.63. The van der Waals surface area contributed by atoms with Gasteiger partial charge in [-0.1, -0.05) is 18.9 Å². The third-order valence-corrected chi connectivity index (χ3v) is 5.74. The minimum Gasteiger partial charge on any atom is -0.351 e. The van der Waals surface area contributed by atoms with Gasteiger partial charge in [-0.05, 0) is 49.8 Å². The molecule has 0 radical (unpaired) electrons. The van der Waals surface area contributed by atoms with Gasteiger partial charge in [-0.15, -0.1) is 24.8 Å². The van der Waals surface area contributed by atoms with E-state index in [1.54, 1.807) is 23.0 Å². The van der Waals surface area contributed by atoms with Crippen molar-refractivity contribution in [1.29, 1.82) is 0 Å². The van der Waals surface area contributed by atoms with E-state index in [1.807, 2.05) is 13.0 Å². The number of aromatic nitrogens is 2. The first-order valence-electron chi connectivity index (χ1n) is 9.44. The van der Waals surface area contributed by atoms with Crippen LogP contribution >= 0.6 is 24.8 Å². The third kappa shape index (κ3) is 4.67. The Kier molecular flexibility index (Phi) is 7.87. The number of nitrogens with zero attached hydrogens (tertiary/aromatic N) is 2. The summed E-state index contributed by atoms with van der Waals surface area (Å²) in [4.78, 5) is 16.6. The summed E-state index contributed by atoms with van der Waals surface area (Å²) in [5.41, 5.74) is 1.23. The van der Waals surface area contributed by atoms with Crippen LogP contribution < -0.4 is 10.6 Å². The summed E-state index contributed by atoms with van der Waals surface area (Å²) in [5, 5.41) is 6.43. The number of imidazole rings is 1. The van der Waals surface area contributed by atoms with E-state index < -0.39 is 0 Å². The fourth-order valence-electron chi connectivity index (χ4n) is 4.32. The SMILES string of the molecule is Cc1nccn1-c1ccc(CNC(=O)C2CC3CCCCC3N2)cc1F.Cl.Cl. The van der Waals surface area contributed by atoms with Crippen LogP contribution in [-0.4, -0.2) is 27.5 Å². The molecular formula is C20H27Cl2FN4O. The Bertz CT molecular complexity index is 799. The van der Waals surface area contributed by atoms with Crippen LogP contribution in [0.1, 0.15) is 43.5 Å². The van der Waals surface area contributed by atoms with Gasteiger partial charge in [-0.3, -0.25) is 4.79 Å². The van der Waals surface area contributed by atoms with Crippen molar-refractivity contribution >= 4 is 30.7 Å². The quantitative estimate of drug-likeness (QED) is 0.780. The number of fused-ring (bicyclic) bond motifs is 1. The van der Waals surface area contributed by atoms with Gasteiger partial charge in [0.2, 0.25) is 5.91 Å². The smallest absolute Gasteiger partial charge is 0.237 e. The van der Waals surface area contributed by atoms with Gasteiger partial charge < -0.3 is 15.2 Å². The first-order chi connectivity index (χ1) is 12.6. The Morgan fingerprint density at radius 3 is 2.79 bits per heavy atom. The molecule has 2 N–H and O–H groups in total. The molecule has 154 valence electrons. The van der Waals surface area contributed by atoms with E-state index in [4.69, 9.17) is 0 Å². The molecule has 3 unspecified atom stereocenters. The molecule has 1 saturated carbocycles. The molecule has 1 amide bonds. The number of aryl methyl sites for hydroxylation is 1.